The molecule has 1 aliphatic rings. The van der Waals surface area contributed by atoms with Crippen molar-refractivity contribution >= 4 is 27.0 Å². The number of hydrogen-bond donors (Lipinski definition) is 0. The van der Waals surface area contributed by atoms with Crippen LogP contribution in [0.4, 0.5) is 5.69 Å². The van der Waals surface area contributed by atoms with Crippen molar-refractivity contribution < 1.29 is 13.2 Å². The average molecular weight is 363 g/mol. The van der Waals surface area contributed by atoms with Crippen molar-refractivity contribution in [2.24, 2.45) is 0 Å². The molecule has 0 aliphatic heterocycles. The van der Waals surface area contributed by atoms with E-state index in [-0.39, 0.29) is 17.2 Å². The van der Waals surface area contributed by atoms with E-state index in [1.165, 1.54) is 28.9 Å². The van der Waals surface area contributed by atoms with Crippen LogP contribution in [0.3, 0.4) is 0 Å². The summed E-state index contributed by atoms with van der Waals surface area (Å²) in [7, 11) is -2.23. The van der Waals surface area contributed by atoms with Crippen LogP contribution in [0.25, 0.3) is 0 Å². The van der Waals surface area contributed by atoms with Crippen LogP contribution in [0.1, 0.15) is 30.2 Å². The lowest BCUT2D eigenvalue weighted by atomic mass is 10.3. The molecule has 1 fully saturated rings. The summed E-state index contributed by atoms with van der Waals surface area (Å²) in [6.07, 6.45) is 3.67. The zero-order valence-electron chi connectivity index (χ0n) is 13.2. The molecular formula is C16H17N3O3S2. The standard InChI is InChI=1S/C16H17N3O3S2/c1-22-14-5-2-4-13(10-14)19(9-3-8-17)24(20,21)15-11-18-16(23-15)12-6-7-12/h2,4-5,10-12H,3,6-7,9H2,1H3. The van der Waals surface area contributed by atoms with E-state index in [0.717, 1.165) is 17.8 Å². The summed E-state index contributed by atoms with van der Waals surface area (Å²) in [6.45, 7) is 0.0860. The Hall–Kier alpha value is -2.11. The number of anilines is 1. The van der Waals surface area contributed by atoms with Gasteiger partial charge in [0.15, 0.2) is 4.21 Å². The summed E-state index contributed by atoms with van der Waals surface area (Å²) in [5.74, 6) is 0.968. The van der Waals surface area contributed by atoms with Crippen LogP contribution >= 0.6 is 11.3 Å². The lowest BCUT2D eigenvalue weighted by Crippen LogP contribution is -2.31. The monoisotopic (exact) mass is 363 g/mol. The molecule has 8 heteroatoms. The molecule has 3 rings (SSSR count). The molecule has 126 valence electrons. The molecule has 0 spiro atoms. The van der Waals surface area contributed by atoms with Gasteiger partial charge in [-0.3, -0.25) is 4.31 Å². The van der Waals surface area contributed by atoms with Gasteiger partial charge >= 0.3 is 0 Å². The highest BCUT2D eigenvalue weighted by Gasteiger charge is 2.31. The van der Waals surface area contributed by atoms with Crippen LogP contribution in [-0.2, 0) is 10.0 Å². The van der Waals surface area contributed by atoms with Crippen molar-refractivity contribution in [2.45, 2.75) is 29.4 Å². The van der Waals surface area contributed by atoms with Gasteiger partial charge in [-0.2, -0.15) is 5.26 Å². The van der Waals surface area contributed by atoms with Crippen molar-refractivity contribution in [1.29, 1.82) is 5.26 Å². The van der Waals surface area contributed by atoms with E-state index in [9.17, 15) is 8.42 Å². The molecular weight excluding hydrogens is 346 g/mol. The maximum Gasteiger partial charge on any atom is 0.275 e. The van der Waals surface area contributed by atoms with E-state index in [4.69, 9.17) is 10.00 Å². The summed E-state index contributed by atoms with van der Waals surface area (Å²) in [6, 6.07) is 8.82. The number of nitriles is 1. The molecule has 1 aromatic carbocycles. The predicted octanol–water partition coefficient (Wildman–Crippen LogP) is 3.14. The molecule has 2 aromatic rings. The summed E-state index contributed by atoms with van der Waals surface area (Å²) < 4.78 is 32.7. The van der Waals surface area contributed by atoms with Crippen LogP contribution in [0.2, 0.25) is 0 Å². The number of thiazole rings is 1. The minimum Gasteiger partial charge on any atom is -0.497 e. The van der Waals surface area contributed by atoms with E-state index in [0.29, 0.717) is 17.4 Å². The molecule has 0 bridgehead atoms. The largest absolute Gasteiger partial charge is 0.497 e. The Kier molecular flexibility index (Phi) is 4.73. The van der Waals surface area contributed by atoms with Gasteiger partial charge in [0, 0.05) is 18.5 Å². The number of hydrogen-bond acceptors (Lipinski definition) is 6. The molecule has 0 saturated heterocycles. The number of ether oxygens (including phenoxy) is 1. The van der Waals surface area contributed by atoms with E-state index < -0.39 is 10.0 Å². The van der Waals surface area contributed by atoms with Crippen molar-refractivity contribution in [3.8, 4) is 11.8 Å². The molecule has 0 atom stereocenters. The van der Waals surface area contributed by atoms with E-state index >= 15 is 0 Å². The van der Waals surface area contributed by atoms with Gasteiger partial charge in [0.2, 0.25) is 0 Å². The third-order valence-electron chi connectivity index (χ3n) is 3.74. The first-order valence-corrected chi connectivity index (χ1v) is 9.81. The quantitative estimate of drug-likeness (QED) is 0.754. The Labute approximate surface area is 145 Å². The summed E-state index contributed by atoms with van der Waals surface area (Å²) in [4.78, 5) is 4.26. The molecule has 0 unspecified atom stereocenters. The number of nitrogens with zero attached hydrogens (tertiary/aromatic N) is 3. The Morgan fingerprint density at radius 2 is 2.25 bits per heavy atom. The van der Waals surface area contributed by atoms with Crippen molar-refractivity contribution in [2.75, 3.05) is 18.0 Å². The predicted molar refractivity (Wildman–Crippen MR) is 91.8 cm³/mol. The summed E-state index contributed by atoms with van der Waals surface area (Å²) in [5, 5.41) is 9.75. The average Bonchev–Trinajstić information content (AvgIpc) is 3.31. The lowest BCUT2D eigenvalue weighted by Gasteiger charge is -2.22. The van der Waals surface area contributed by atoms with Crippen molar-refractivity contribution in [1.82, 2.24) is 4.98 Å². The fourth-order valence-electron chi connectivity index (χ4n) is 2.32. The van der Waals surface area contributed by atoms with Gasteiger partial charge in [-0.05, 0) is 25.0 Å². The fraction of sp³-hybridized carbons (Fsp3) is 0.375. The maximum atomic E-state index is 13.0. The normalized spacial score (nSPS) is 14.2. The van der Waals surface area contributed by atoms with Gasteiger partial charge in [-0.25, -0.2) is 13.4 Å². The number of rotatable bonds is 7. The Morgan fingerprint density at radius 3 is 2.92 bits per heavy atom. The molecule has 1 heterocycles. The second-order valence-corrected chi connectivity index (χ2v) is 8.63. The fourth-order valence-corrected chi connectivity index (χ4v) is 5.22. The number of benzene rings is 1. The molecule has 24 heavy (non-hydrogen) atoms. The maximum absolute atomic E-state index is 13.0. The molecule has 0 N–H and O–H groups in total. The number of sulfonamides is 1. The Morgan fingerprint density at radius 1 is 1.46 bits per heavy atom. The van der Waals surface area contributed by atoms with Gasteiger partial charge < -0.3 is 4.74 Å². The highest BCUT2D eigenvalue weighted by atomic mass is 32.2. The van der Waals surface area contributed by atoms with Gasteiger partial charge in [0.25, 0.3) is 10.0 Å². The third kappa shape index (κ3) is 3.37. The minimum absolute atomic E-state index is 0.0860. The first-order valence-electron chi connectivity index (χ1n) is 7.55. The van der Waals surface area contributed by atoms with Gasteiger partial charge in [0.1, 0.15) is 5.75 Å². The highest BCUT2D eigenvalue weighted by molar-refractivity contribution is 7.94. The molecule has 1 aromatic heterocycles. The number of methoxy groups -OCH3 is 1. The van der Waals surface area contributed by atoms with Crippen LogP contribution in [0, 0.1) is 11.3 Å². The zero-order chi connectivity index (χ0) is 17.2. The zero-order valence-corrected chi connectivity index (χ0v) is 14.8. The van der Waals surface area contributed by atoms with Crippen molar-refractivity contribution in [3.63, 3.8) is 0 Å². The Bertz CT molecular complexity index is 867. The third-order valence-corrected chi connectivity index (χ3v) is 7.17. The smallest absolute Gasteiger partial charge is 0.275 e. The van der Waals surface area contributed by atoms with Crippen LogP contribution in [0.5, 0.6) is 5.75 Å². The second-order valence-electron chi connectivity index (χ2n) is 5.48. The molecule has 6 nitrogen and oxygen atoms in total. The van der Waals surface area contributed by atoms with Gasteiger partial charge in [-0.15, -0.1) is 11.3 Å². The molecule has 1 saturated carbocycles. The van der Waals surface area contributed by atoms with E-state index in [2.05, 4.69) is 4.98 Å². The van der Waals surface area contributed by atoms with Crippen LogP contribution < -0.4 is 9.04 Å². The van der Waals surface area contributed by atoms with Gasteiger partial charge in [-0.1, -0.05) is 6.07 Å². The summed E-state index contributed by atoms with van der Waals surface area (Å²) in [5.41, 5.74) is 0.478. The first kappa shape index (κ1) is 16.7. The molecule has 1 aliphatic carbocycles. The number of aromatic nitrogens is 1. The lowest BCUT2D eigenvalue weighted by molar-refractivity contribution is 0.415. The topological polar surface area (TPSA) is 83.3 Å². The van der Waals surface area contributed by atoms with Crippen LogP contribution in [-0.4, -0.2) is 27.1 Å². The van der Waals surface area contributed by atoms with E-state index in [1.54, 1.807) is 24.3 Å². The highest BCUT2D eigenvalue weighted by Crippen LogP contribution is 2.43. The SMILES string of the molecule is COc1cccc(N(CCC#N)S(=O)(=O)c2cnc(C3CC3)s2)c1. The van der Waals surface area contributed by atoms with E-state index in [1.807, 2.05) is 6.07 Å². The molecule has 0 amide bonds. The summed E-state index contributed by atoms with van der Waals surface area (Å²) >= 11 is 1.22. The van der Waals surface area contributed by atoms with Crippen LogP contribution in [0.15, 0.2) is 34.7 Å². The Balaban J connectivity index is 1.97. The first-order chi connectivity index (χ1) is 11.6. The molecule has 0 radical (unpaired) electrons. The second kappa shape index (κ2) is 6.79. The minimum atomic E-state index is -3.75. The van der Waals surface area contributed by atoms with Crippen molar-refractivity contribution in [3.05, 3.63) is 35.5 Å². The van der Waals surface area contributed by atoms with Gasteiger partial charge in [0.05, 0.1) is 36.5 Å².